The maximum atomic E-state index is 13.0. The van der Waals surface area contributed by atoms with Crippen molar-refractivity contribution in [1.82, 2.24) is 4.90 Å². The van der Waals surface area contributed by atoms with E-state index in [9.17, 15) is 4.39 Å². The van der Waals surface area contributed by atoms with Crippen molar-refractivity contribution in [2.75, 3.05) is 20.7 Å². The van der Waals surface area contributed by atoms with Gasteiger partial charge in [-0.05, 0) is 38.2 Å². The summed E-state index contributed by atoms with van der Waals surface area (Å²) in [6.45, 7) is 0.0951. The Balaban J connectivity index is 2.95. The molecule has 1 N–H and O–H groups in total. The average Bonchev–Trinajstić information content (AvgIpc) is 2.18. The highest BCUT2D eigenvalue weighted by Crippen LogP contribution is 2.25. The Morgan fingerprint density at radius 1 is 1.47 bits per heavy atom. The molecule has 0 spiro atoms. The van der Waals surface area contributed by atoms with Crippen LogP contribution >= 0.6 is 11.6 Å². The normalized spacial score (nSPS) is 13.2. The lowest BCUT2D eigenvalue weighted by atomic mass is 10.0. The van der Waals surface area contributed by atoms with E-state index in [4.69, 9.17) is 16.7 Å². The van der Waals surface area contributed by atoms with Gasteiger partial charge in [0.2, 0.25) is 0 Å². The number of hydrogen-bond acceptors (Lipinski definition) is 2. The summed E-state index contributed by atoms with van der Waals surface area (Å²) in [5, 5.41) is 9.06. The van der Waals surface area contributed by atoms with Crippen molar-refractivity contribution in [3.05, 3.63) is 34.6 Å². The minimum absolute atomic E-state index is 0.0631. The molecule has 1 aromatic rings. The molecule has 0 aromatic heterocycles. The molecule has 1 atom stereocenters. The van der Waals surface area contributed by atoms with Crippen LogP contribution < -0.4 is 0 Å². The summed E-state index contributed by atoms with van der Waals surface area (Å²) in [5.74, 6) is -0.415. The Morgan fingerprint density at radius 2 is 2.13 bits per heavy atom. The molecule has 0 fully saturated rings. The number of aliphatic hydroxyl groups excluding tert-OH is 1. The van der Waals surface area contributed by atoms with Crippen LogP contribution in [0.4, 0.5) is 4.39 Å². The number of aliphatic hydroxyl groups is 1. The summed E-state index contributed by atoms with van der Waals surface area (Å²) >= 11 is 5.71. The molecule has 0 heterocycles. The van der Waals surface area contributed by atoms with Crippen LogP contribution in [0.5, 0.6) is 0 Å². The highest BCUT2D eigenvalue weighted by atomic mass is 35.5. The fourth-order valence-corrected chi connectivity index (χ4v) is 1.75. The van der Waals surface area contributed by atoms with Crippen molar-refractivity contribution in [2.24, 2.45) is 0 Å². The predicted molar refractivity (Wildman–Crippen MR) is 59.5 cm³/mol. The summed E-state index contributed by atoms with van der Waals surface area (Å²) < 4.78 is 13.0. The molecule has 0 aliphatic carbocycles. The van der Waals surface area contributed by atoms with E-state index < -0.39 is 5.82 Å². The molecule has 0 radical (unpaired) electrons. The molecular formula is C11H15ClFNO. The fraction of sp³-hybridized carbons (Fsp3) is 0.455. The molecule has 4 heteroatoms. The molecule has 0 bridgehead atoms. The highest BCUT2D eigenvalue weighted by molar-refractivity contribution is 6.30. The lowest BCUT2D eigenvalue weighted by molar-refractivity contribution is 0.211. The number of benzene rings is 1. The van der Waals surface area contributed by atoms with Crippen LogP contribution in [-0.4, -0.2) is 30.7 Å². The lowest BCUT2D eigenvalue weighted by Gasteiger charge is -2.24. The molecule has 15 heavy (non-hydrogen) atoms. The van der Waals surface area contributed by atoms with Gasteiger partial charge in [0.1, 0.15) is 5.82 Å². The highest BCUT2D eigenvalue weighted by Gasteiger charge is 2.14. The van der Waals surface area contributed by atoms with Crippen LogP contribution in [0.1, 0.15) is 18.0 Å². The van der Waals surface area contributed by atoms with E-state index in [1.54, 1.807) is 12.1 Å². The maximum Gasteiger partial charge on any atom is 0.141 e. The van der Waals surface area contributed by atoms with Crippen molar-refractivity contribution in [2.45, 2.75) is 12.5 Å². The Morgan fingerprint density at radius 3 is 2.60 bits per heavy atom. The van der Waals surface area contributed by atoms with E-state index in [0.29, 0.717) is 6.42 Å². The molecule has 84 valence electrons. The molecular weight excluding hydrogens is 217 g/mol. The Labute approximate surface area is 94.3 Å². The van der Waals surface area contributed by atoms with Gasteiger partial charge in [-0.15, -0.1) is 0 Å². The number of hydrogen-bond donors (Lipinski definition) is 1. The van der Waals surface area contributed by atoms with Gasteiger partial charge in [0.05, 0.1) is 5.02 Å². The van der Waals surface area contributed by atoms with Gasteiger partial charge < -0.3 is 10.0 Å². The first kappa shape index (κ1) is 12.4. The van der Waals surface area contributed by atoms with Crippen LogP contribution in [0.2, 0.25) is 5.02 Å². The standard InChI is InChI=1S/C11H15ClFNO/c1-14(2)11(5-6-15)8-3-4-10(13)9(12)7-8/h3-4,7,11,15H,5-6H2,1-2H3. The van der Waals surface area contributed by atoms with Gasteiger partial charge in [-0.2, -0.15) is 0 Å². The molecule has 0 aliphatic heterocycles. The number of rotatable bonds is 4. The van der Waals surface area contributed by atoms with Crippen molar-refractivity contribution in [1.29, 1.82) is 0 Å². The van der Waals surface area contributed by atoms with Crippen LogP contribution in [0.25, 0.3) is 0 Å². The van der Waals surface area contributed by atoms with E-state index >= 15 is 0 Å². The predicted octanol–water partition coefficient (Wildman–Crippen LogP) is 2.46. The summed E-state index contributed by atoms with van der Waals surface area (Å²) in [4.78, 5) is 1.97. The second-order valence-corrected chi connectivity index (χ2v) is 4.07. The van der Waals surface area contributed by atoms with E-state index in [0.717, 1.165) is 5.56 Å². The molecule has 1 unspecified atom stereocenters. The third kappa shape index (κ3) is 3.16. The minimum Gasteiger partial charge on any atom is -0.396 e. The quantitative estimate of drug-likeness (QED) is 0.861. The maximum absolute atomic E-state index is 13.0. The van der Waals surface area contributed by atoms with Gasteiger partial charge in [0.15, 0.2) is 0 Å². The smallest absolute Gasteiger partial charge is 0.141 e. The van der Waals surface area contributed by atoms with E-state index in [-0.39, 0.29) is 17.7 Å². The van der Waals surface area contributed by atoms with E-state index in [2.05, 4.69) is 0 Å². The molecule has 0 saturated carbocycles. The van der Waals surface area contributed by atoms with Crippen molar-refractivity contribution >= 4 is 11.6 Å². The monoisotopic (exact) mass is 231 g/mol. The van der Waals surface area contributed by atoms with Crippen LogP contribution in [0, 0.1) is 5.82 Å². The first-order valence-corrected chi connectivity index (χ1v) is 5.16. The second kappa shape index (κ2) is 5.45. The number of halogens is 2. The first-order chi connectivity index (χ1) is 7.06. The lowest BCUT2D eigenvalue weighted by Crippen LogP contribution is -2.21. The van der Waals surface area contributed by atoms with Gasteiger partial charge >= 0.3 is 0 Å². The van der Waals surface area contributed by atoms with Gasteiger partial charge in [0.25, 0.3) is 0 Å². The van der Waals surface area contributed by atoms with Gasteiger partial charge in [-0.3, -0.25) is 0 Å². The van der Waals surface area contributed by atoms with Gasteiger partial charge in [-0.1, -0.05) is 17.7 Å². The van der Waals surface area contributed by atoms with Crippen LogP contribution in [0.15, 0.2) is 18.2 Å². The topological polar surface area (TPSA) is 23.5 Å². The third-order valence-corrected chi connectivity index (χ3v) is 2.64. The second-order valence-electron chi connectivity index (χ2n) is 3.67. The van der Waals surface area contributed by atoms with E-state index in [1.165, 1.54) is 6.07 Å². The zero-order valence-electron chi connectivity index (χ0n) is 8.87. The SMILES string of the molecule is CN(C)C(CCO)c1ccc(F)c(Cl)c1. The Hall–Kier alpha value is -0.640. The molecule has 0 amide bonds. The minimum atomic E-state index is -0.415. The summed E-state index contributed by atoms with van der Waals surface area (Å²) in [6.07, 6.45) is 0.606. The van der Waals surface area contributed by atoms with Crippen LogP contribution in [-0.2, 0) is 0 Å². The zero-order valence-corrected chi connectivity index (χ0v) is 9.63. The molecule has 0 saturated heterocycles. The Kier molecular flexibility index (Phi) is 4.51. The molecule has 1 rings (SSSR count). The van der Waals surface area contributed by atoms with Gasteiger partial charge in [0, 0.05) is 12.6 Å². The van der Waals surface area contributed by atoms with Crippen LogP contribution in [0.3, 0.4) is 0 Å². The summed E-state index contributed by atoms with van der Waals surface area (Å²) in [7, 11) is 3.83. The third-order valence-electron chi connectivity index (χ3n) is 2.35. The van der Waals surface area contributed by atoms with Gasteiger partial charge in [-0.25, -0.2) is 4.39 Å². The zero-order chi connectivity index (χ0) is 11.4. The van der Waals surface area contributed by atoms with Crippen molar-refractivity contribution < 1.29 is 9.50 Å². The fourth-order valence-electron chi connectivity index (χ4n) is 1.56. The summed E-state index contributed by atoms with van der Waals surface area (Å²) in [5.41, 5.74) is 0.917. The average molecular weight is 232 g/mol. The Bertz CT molecular complexity index is 330. The molecule has 0 aliphatic rings. The van der Waals surface area contributed by atoms with E-state index in [1.807, 2.05) is 19.0 Å². The molecule has 2 nitrogen and oxygen atoms in total. The molecule has 1 aromatic carbocycles. The largest absolute Gasteiger partial charge is 0.396 e. The number of nitrogens with zero attached hydrogens (tertiary/aromatic N) is 1. The van der Waals surface area contributed by atoms with Crippen molar-refractivity contribution in [3.8, 4) is 0 Å². The summed E-state index contributed by atoms with van der Waals surface area (Å²) in [6, 6.07) is 4.72. The first-order valence-electron chi connectivity index (χ1n) is 4.78. The van der Waals surface area contributed by atoms with Crippen molar-refractivity contribution in [3.63, 3.8) is 0 Å².